The molecule has 0 spiro atoms. The van der Waals surface area contributed by atoms with Crippen LogP contribution in [-0.2, 0) is 17.8 Å². The number of halogens is 1. The molecule has 3 N–H and O–H groups in total. The van der Waals surface area contributed by atoms with Gasteiger partial charge in [0, 0.05) is 23.1 Å². The Labute approximate surface area is 127 Å². The van der Waals surface area contributed by atoms with Crippen molar-refractivity contribution < 1.29 is 4.79 Å². The molecule has 0 saturated carbocycles. The Bertz CT molecular complexity index is 547. The van der Waals surface area contributed by atoms with E-state index in [0.717, 1.165) is 21.3 Å². The lowest BCUT2D eigenvalue weighted by atomic mass is 10.1. The highest BCUT2D eigenvalue weighted by atomic mass is 79.9. The lowest BCUT2D eigenvalue weighted by Crippen LogP contribution is -2.22. The number of hydrogen-bond acceptors (Lipinski definition) is 2. The number of aryl methyl sites for hydroxylation is 1. The minimum atomic E-state index is 0.0485. The van der Waals surface area contributed by atoms with Gasteiger partial charge in [-0.2, -0.15) is 0 Å². The van der Waals surface area contributed by atoms with Crippen molar-refractivity contribution in [2.24, 2.45) is 0 Å². The second-order valence-electron chi connectivity index (χ2n) is 4.65. The lowest BCUT2D eigenvalue weighted by molar-refractivity contribution is -0.121. The number of rotatable bonds is 5. The standard InChI is InChI=1S/C16H17BrN2O/c17-14-5-1-4-13(9-14)11-19-16(20)8-7-12-3-2-6-15(18)10-12/h1-6,9-10H,7-8,11,18H2,(H,19,20). The molecule has 0 bridgehead atoms. The number of benzene rings is 2. The molecule has 20 heavy (non-hydrogen) atoms. The van der Waals surface area contributed by atoms with Crippen LogP contribution in [0.15, 0.2) is 53.0 Å². The molecule has 4 heteroatoms. The van der Waals surface area contributed by atoms with E-state index in [4.69, 9.17) is 5.73 Å². The summed E-state index contributed by atoms with van der Waals surface area (Å²) in [6.07, 6.45) is 1.17. The van der Waals surface area contributed by atoms with E-state index >= 15 is 0 Å². The molecule has 2 rings (SSSR count). The van der Waals surface area contributed by atoms with Gasteiger partial charge in [-0.1, -0.05) is 40.2 Å². The van der Waals surface area contributed by atoms with E-state index in [1.165, 1.54) is 0 Å². The highest BCUT2D eigenvalue weighted by molar-refractivity contribution is 9.10. The van der Waals surface area contributed by atoms with Gasteiger partial charge in [-0.25, -0.2) is 0 Å². The Kier molecular flexibility index (Phi) is 5.18. The third-order valence-electron chi connectivity index (χ3n) is 2.97. The second-order valence-corrected chi connectivity index (χ2v) is 5.57. The van der Waals surface area contributed by atoms with Crippen LogP contribution in [0.2, 0.25) is 0 Å². The molecule has 3 nitrogen and oxygen atoms in total. The zero-order chi connectivity index (χ0) is 14.4. The quantitative estimate of drug-likeness (QED) is 0.825. The van der Waals surface area contributed by atoms with Crippen LogP contribution in [0.1, 0.15) is 17.5 Å². The van der Waals surface area contributed by atoms with Gasteiger partial charge in [-0.05, 0) is 41.8 Å². The van der Waals surface area contributed by atoms with Crippen molar-refractivity contribution in [2.75, 3.05) is 5.73 Å². The number of hydrogen-bond donors (Lipinski definition) is 2. The van der Waals surface area contributed by atoms with Crippen LogP contribution >= 0.6 is 15.9 Å². The number of amides is 1. The number of nitrogens with one attached hydrogen (secondary N) is 1. The van der Waals surface area contributed by atoms with E-state index in [1.54, 1.807) is 0 Å². The maximum atomic E-state index is 11.8. The van der Waals surface area contributed by atoms with E-state index in [2.05, 4.69) is 21.2 Å². The highest BCUT2D eigenvalue weighted by Gasteiger charge is 2.03. The van der Waals surface area contributed by atoms with Crippen molar-refractivity contribution >= 4 is 27.5 Å². The summed E-state index contributed by atoms with van der Waals surface area (Å²) in [6.45, 7) is 0.551. The molecule has 1 amide bonds. The average molecular weight is 333 g/mol. The van der Waals surface area contributed by atoms with Gasteiger partial charge in [0.05, 0.1) is 0 Å². The van der Waals surface area contributed by atoms with E-state index in [9.17, 15) is 4.79 Å². The topological polar surface area (TPSA) is 55.1 Å². The van der Waals surface area contributed by atoms with Crippen molar-refractivity contribution in [1.29, 1.82) is 0 Å². The Hall–Kier alpha value is -1.81. The van der Waals surface area contributed by atoms with E-state index < -0.39 is 0 Å². The molecule has 0 aliphatic carbocycles. The first kappa shape index (κ1) is 14.6. The van der Waals surface area contributed by atoms with Gasteiger partial charge in [-0.15, -0.1) is 0 Å². The second kappa shape index (κ2) is 7.10. The molecule has 0 radical (unpaired) electrons. The third-order valence-corrected chi connectivity index (χ3v) is 3.46. The minimum Gasteiger partial charge on any atom is -0.399 e. The summed E-state index contributed by atoms with van der Waals surface area (Å²) in [6, 6.07) is 15.5. The average Bonchev–Trinajstić information content (AvgIpc) is 2.43. The molecular formula is C16H17BrN2O. The van der Waals surface area contributed by atoms with Crippen LogP contribution in [0.4, 0.5) is 5.69 Å². The van der Waals surface area contributed by atoms with Crippen molar-refractivity contribution in [3.8, 4) is 0 Å². The Morgan fingerprint density at radius 2 is 1.85 bits per heavy atom. The summed E-state index contributed by atoms with van der Waals surface area (Å²) in [5.74, 6) is 0.0485. The zero-order valence-corrected chi connectivity index (χ0v) is 12.7. The SMILES string of the molecule is Nc1cccc(CCC(=O)NCc2cccc(Br)c2)c1. The van der Waals surface area contributed by atoms with Crippen LogP contribution in [-0.4, -0.2) is 5.91 Å². The largest absolute Gasteiger partial charge is 0.399 e. The summed E-state index contributed by atoms with van der Waals surface area (Å²) in [4.78, 5) is 11.8. The summed E-state index contributed by atoms with van der Waals surface area (Å²) < 4.78 is 1.02. The molecule has 2 aromatic rings. The predicted octanol–water partition coefficient (Wildman–Crippen LogP) is 3.28. The van der Waals surface area contributed by atoms with Crippen molar-refractivity contribution in [3.63, 3.8) is 0 Å². The fraction of sp³-hybridized carbons (Fsp3) is 0.188. The van der Waals surface area contributed by atoms with Crippen LogP contribution < -0.4 is 11.1 Å². The van der Waals surface area contributed by atoms with Crippen molar-refractivity contribution in [2.45, 2.75) is 19.4 Å². The van der Waals surface area contributed by atoms with Crippen LogP contribution in [0.25, 0.3) is 0 Å². The van der Waals surface area contributed by atoms with Crippen molar-refractivity contribution in [1.82, 2.24) is 5.32 Å². The Balaban J connectivity index is 1.78. The molecule has 104 valence electrons. The van der Waals surface area contributed by atoms with Crippen LogP contribution in [0.3, 0.4) is 0 Å². The zero-order valence-electron chi connectivity index (χ0n) is 11.1. The smallest absolute Gasteiger partial charge is 0.220 e. The number of nitrogens with two attached hydrogens (primary N) is 1. The first-order valence-corrected chi connectivity index (χ1v) is 7.28. The van der Waals surface area contributed by atoms with E-state index in [0.29, 0.717) is 19.4 Å². The molecule has 0 heterocycles. The van der Waals surface area contributed by atoms with Gasteiger partial charge < -0.3 is 11.1 Å². The molecule has 0 unspecified atom stereocenters. The Morgan fingerprint density at radius 1 is 1.10 bits per heavy atom. The molecule has 0 saturated heterocycles. The van der Waals surface area contributed by atoms with Gasteiger partial charge >= 0.3 is 0 Å². The fourth-order valence-electron chi connectivity index (χ4n) is 1.94. The van der Waals surface area contributed by atoms with Crippen LogP contribution in [0, 0.1) is 0 Å². The molecule has 0 aliphatic rings. The lowest BCUT2D eigenvalue weighted by Gasteiger charge is -2.06. The maximum Gasteiger partial charge on any atom is 0.220 e. The highest BCUT2D eigenvalue weighted by Crippen LogP contribution is 2.12. The predicted molar refractivity (Wildman–Crippen MR) is 85.2 cm³/mol. The number of carbonyl (C=O) groups is 1. The van der Waals surface area contributed by atoms with E-state index in [1.807, 2.05) is 48.5 Å². The summed E-state index contributed by atoms with van der Waals surface area (Å²) >= 11 is 3.41. The van der Waals surface area contributed by atoms with Gasteiger partial charge in [-0.3, -0.25) is 4.79 Å². The molecule has 0 aliphatic heterocycles. The van der Waals surface area contributed by atoms with Gasteiger partial charge in [0.1, 0.15) is 0 Å². The summed E-state index contributed by atoms with van der Waals surface area (Å²) in [5, 5.41) is 2.92. The van der Waals surface area contributed by atoms with Gasteiger partial charge in [0.15, 0.2) is 0 Å². The van der Waals surface area contributed by atoms with E-state index in [-0.39, 0.29) is 5.91 Å². The normalized spacial score (nSPS) is 10.2. The first-order chi connectivity index (χ1) is 9.63. The van der Waals surface area contributed by atoms with Crippen LogP contribution in [0.5, 0.6) is 0 Å². The Morgan fingerprint density at radius 3 is 2.60 bits per heavy atom. The van der Waals surface area contributed by atoms with Gasteiger partial charge in [0.25, 0.3) is 0 Å². The minimum absolute atomic E-state index is 0.0485. The van der Waals surface area contributed by atoms with Gasteiger partial charge in [0.2, 0.25) is 5.91 Å². The maximum absolute atomic E-state index is 11.8. The number of carbonyl (C=O) groups excluding carboxylic acids is 1. The first-order valence-electron chi connectivity index (χ1n) is 6.49. The van der Waals surface area contributed by atoms with Crippen molar-refractivity contribution in [3.05, 3.63) is 64.1 Å². The molecule has 0 fully saturated rings. The molecule has 0 atom stereocenters. The summed E-state index contributed by atoms with van der Waals surface area (Å²) in [5.41, 5.74) is 8.61. The molecule has 2 aromatic carbocycles. The monoisotopic (exact) mass is 332 g/mol. The number of nitrogen functional groups attached to an aromatic ring is 1. The molecular weight excluding hydrogens is 316 g/mol. The summed E-state index contributed by atoms with van der Waals surface area (Å²) in [7, 11) is 0. The fourth-order valence-corrected chi connectivity index (χ4v) is 2.39. The molecule has 0 aromatic heterocycles. The third kappa shape index (κ3) is 4.70. The number of anilines is 1.